The summed E-state index contributed by atoms with van der Waals surface area (Å²) >= 11 is 0. The number of amides is 2. The summed E-state index contributed by atoms with van der Waals surface area (Å²) in [5.41, 5.74) is 0.177. The molecule has 21 heavy (non-hydrogen) atoms. The Labute approximate surface area is 120 Å². The van der Waals surface area contributed by atoms with Gasteiger partial charge in [0.1, 0.15) is 11.6 Å². The van der Waals surface area contributed by atoms with Crippen LogP contribution in [0.1, 0.15) is 18.4 Å². The molecule has 0 bridgehead atoms. The van der Waals surface area contributed by atoms with E-state index in [-0.39, 0.29) is 18.7 Å². The summed E-state index contributed by atoms with van der Waals surface area (Å²) in [4.78, 5) is 24.3. The van der Waals surface area contributed by atoms with Crippen molar-refractivity contribution in [2.45, 2.75) is 19.4 Å². The fraction of sp³-hybridized carbons (Fsp3) is 0.429. The lowest BCUT2D eigenvalue weighted by Crippen LogP contribution is -2.46. The Morgan fingerprint density at radius 3 is 2.81 bits per heavy atom. The zero-order valence-corrected chi connectivity index (χ0v) is 11.3. The molecular formula is C14H16F2N2O3. The number of carbonyl (C=O) groups is 2. The molecule has 1 aromatic carbocycles. The first kappa shape index (κ1) is 15.2. The molecule has 0 spiro atoms. The van der Waals surface area contributed by atoms with E-state index in [9.17, 15) is 18.4 Å². The van der Waals surface area contributed by atoms with Gasteiger partial charge in [-0.25, -0.2) is 13.6 Å². The van der Waals surface area contributed by atoms with Crippen molar-refractivity contribution in [3.8, 4) is 0 Å². The Morgan fingerprint density at radius 2 is 2.14 bits per heavy atom. The van der Waals surface area contributed by atoms with Crippen LogP contribution in [0.4, 0.5) is 13.6 Å². The molecule has 7 heteroatoms. The number of nitrogens with one attached hydrogen (secondary N) is 1. The molecule has 1 atom stereocenters. The number of hydrogen-bond acceptors (Lipinski definition) is 2. The minimum atomic E-state index is -0.919. The SMILES string of the molecule is O=C(O)C1CCCN(C(=O)NCc2ccc(F)cc2F)C1. The van der Waals surface area contributed by atoms with E-state index in [2.05, 4.69) is 5.32 Å². The molecule has 0 aromatic heterocycles. The second-order valence-corrected chi connectivity index (χ2v) is 5.02. The molecule has 2 N–H and O–H groups in total. The number of hydrogen-bond donors (Lipinski definition) is 2. The lowest BCUT2D eigenvalue weighted by molar-refractivity contribution is -0.143. The molecule has 1 aliphatic heterocycles. The first-order chi connectivity index (χ1) is 9.97. The van der Waals surface area contributed by atoms with E-state index in [1.54, 1.807) is 0 Å². The van der Waals surface area contributed by atoms with Crippen molar-refractivity contribution in [3.05, 3.63) is 35.4 Å². The minimum absolute atomic E-state index is 0.0703. The maximum absolute atomic E-state index is 13.4. The number of likely N-dealkylation sites (tertiary alicyclic amines) is 1. The van der Waals surface area contributed by atoms with E-state index >= 15 is 0 Å². The molecule has 0 aliphatic carbocycles. The number of carboxylic acid groups (broad SMARTS) is 1. The highest BCUT2D eigenvalue weighted by molar-refractivity contribution is 5.76. The molecule has 1 unspecified atom stereocenters. The van der Waals surface area contributed by atoms with Crippen LogP contribution in [-0.4, -0.2) is 35.1 Å². The lowest BCUT2D eigenvalue weighted by atomic mass is 9.99. The molecule has 1 aromatic rings. The van der Waals surface area contributed by atoms with E-state index in [4.69, 9.17) is 5.11 Å². The predicted molar refractivity (Wildman–Crippen MR) is 70.5 cm³/mol. The van der Waals surface area contributed by atoms with Gasteiger partial charge in [0, 0.05) is 31.3 Å². The van der Waals surface area contributed by atoms with Crippen molar-refractivity contribution < 1.29 is 23.5 Å². The van der Waals surface area contributed by atoms with E-state index in [1.165, 1.54) is 11.0 Å². The van der Waals surface area contributed by atoms with Gasteiger partial charge in [-0.1, -0.05) is 6.07 Å². The lowest BCUT2D eigenvalue weighted by Gasteiger charge is -2.30. The smallest absolute Gasteiger partial charge is 0.317 e. The topological polar surface area (TPSA) is 69.6 Å². The number of carbonyl (C=O) groups excluding carboxylic acids is 1. The molecular weight excluding hydrogens is 282 g/mol. The van der Waals surface area contributed by atoms with Crippen molar-refractivity contribution in [2.75, 3.05) is 13.1 Å². The van der Waals surface area contributed by atoms with Crippen LogP contribution >= 0.6 is 0 Å². The molecule has 5 nitrogen and oxygen atoms in total. The monoisotopic (exact) mass is 298 g/mol. The summed E-state index contributed by atoms with van der Waals surface area (Å²) in [5.74, 6) is -2.88. The molecule has 114 valence electrons. The zero-order valence-electron chi connectivity index (χ0n) is 11.3. The minimum Gasteiger partial charge on any atom is -0.481 e. The molecule has 1 fully saturated rings. The quantitative estimate of drug-likeness (QED) is 0.896. The average Bonchev–Trinajstić information content (AvgIpc) is 2.46. The predicted octanol–water partition coefficient (Wildman–Crippen LogP) is 1.97. The molecule has 2 rings (SSSR count). The van der Waals surface area contributed by atoms with Crippen LogP contribution in [0.2, 0.25) is 0 Å². The van der Waals surface area contributed by atoms with E-state index in [1.807, 2.05) is 0 Å². The molecule has 0 saturated carbocycles. The Balaban J connectivity index is 1.90. The summed E-state index contributed by atoms with van der Waals surface area (Å²) < 4.78 is 26.2. The number of aliphatic carboxylic acids is 1. The second-order valence-electron chi connectivity index (χ2n) is 5.02. The molecule has 2 amide bonds. The highest BCUT2D eigenvalue weighted by atomic mass is 19.1. The van der Waals surface area contributed by atoms with Crippen molar-refractivity contribution in [3.63, 3.8) is 0 Å². The van der Waals surface area contributed by atoms with E-state index < -0.39 is 29.6 Å². The number of halogens is 2. The highest BCUT2D eigenvalue weighted by Crippen LogP contribution is 2.17. The van der Waals surface area contributed by atoms with Crippen LogP contribution in [0, 0.1) is 17.6 Å². The molecule has 1 saturated heterocycles. The van der Waals surface area contributed by atoms with Crippen LogP contribution in [-0.2, 0) is 11.3 Å². The maximum atomic E-state index is 13.4. The molecule has 1 heterocycles. The Hall–Kier alpha value is -2.18. The summed E-state index contributed by atoms with van der Waals surface area (Å²) in [6.07, 6.45) is 1.17. The van der Waals surface area contributed by atoms with Gasteiger partial charge in [0.05, 0.1) is 5.92 Å². The number of carboxylic acids is 1. The summed E-state index contributed by atoms with van der Waals surface area (Å²) in [6, 6.07) is 2.69. The van der Waals surface area contributed by atoms with Gasteiger partial charge in [-0.2, -0.15) is 0 Å². The number of benzene rings is 1. The van der Waals surface area contributed by atoms with Gasteiger partial charge in [-0.3, -0.25) is 4.79 Å². The Kier molecular flexibility index (Phi) is 4.72. The first-order valence-electron chi connectivity index (χ1n) is 6.67. The van der Waals surface area contributed by atoms with Crippen molar-refractivity contribution in [1.29, 1.82) is 0 Å². The number of piperidine rings is 1. The van der Waals surface area contributed by atoms with Gasteiger partial charge >= 0.3 is 12.0 Å². The van der Waals surface area contributed by atoms with E-state index in [0.717, 1.165) is 12.1 Å². The number of urea groups is 1. The average molecular weight is 298 g/mol. The Bertz CT molecular complexity index is 551. The van der Waals surface area contributed by atoms with Gasteiger partial charge in [-0.15, -0.1) is 0 Å². The third kappa shape index (κ3) is 3.90. The summed E-state index contributed by atoms with van der Waals surface area (Å²) in [6.45, 7) is 0.549. The molecule has 0 radical (unpaired) electrons. The zero-order chi connectivity index (χ0) is 15.4. The van der Waals surface area contributed by atoms with Crippen LogP contribution in [0.15, 0.2) is 18.2 Å². The standard InChI is InChI=1S/C14H16F2N2O3/c15-11-4-3-9(12(16)6-11)7-17-14(21)18-5-1-2-10(8-18)13(19)20/h3-4,6,10H,1-2,5,7-8H2,(H,17,21)(H,19,20). The largest absolute Gasteiger partial charge is 0.481 e. The van der Waals surface area contributed by atoms with Crippen LogP contribution in [0.3, 0.4) is 0 Å². The van der Waals surface area contributed by atoms with Gasteiger partial charge in [0.15, 0.2) is 0 Å². The fourth-order valence-corrected chi connectivity index (χ4v) is 2.31. The number of rotatable bonds is 3. The summed E-state index contributed by atoms with van der Waals surface area (Å²) in [7, 11) is 0. The van der Waals surface area contributed by atoms with E-state index in [0.29, 0.717) is 19.4 Å². The second kappa shape index (κ2) is 6.51. The first-order valence-corrected chi connectivity index (χ1v) is 6.67. The van der Waals surface area contributed by atoms with Crippen LogP contribution in [0.25, 0.3) is 0 Å². The third-order valence-electron chi connectivity index (χ3n) is 3.50. The van der Waals surface area contributed by atoms with Crippen molar-refractivity contribution >= 4 is 12.0 Å². The molecule has 1 aliphatic rings. The van der Waals surface area contributed by atoms with Gasteiger partial charge in [-0.05, 0) is 18.9 Å². The third-order valence-corrected chi connectivity index (χ3v) is 3.50. The normalized spacial score (nSPS) is 18.4. The van der Waals surface area contributed by atoms with Gasteiger partial charge in [0.25, 0.3) is 0 Å². The number of nitrogens with zero attached hydrogens (tertiary/aromatic N) is 1. The van der Waals surface area contributed by atoms with Crippen LogP contribution < -0.4 is 5.32 Å². The Morgan fingerprint density at radius 1 is 1.38 bits per heavy atom. The fourth-order valence-electron chi connectivity index (χ4n) is 2.31. The van der Waals surface area contributed by atoms with Gasteiger partial charge < -0.3 is 15.3 Å². The summed E-state index contributed by atoms with van der Waals surface area (Å²) in [5, 5.41) is 11.5. The van der Waals surface area contributed by atoms with Crippen molar-refractivity contribution in [1.82, 2.24) is 10.2 Å². The van der Waals surface area contributed by atoms with Crippen LogP contribution in [0.5, 0.6) is 0 Å². The highest BCUT2D eigenvalue weighted by Gasteiger charge is 2.27. The van der Waals surface area contributed by atoms with Gasteiger partial charge in [0.2, 0.25) is 0 Å². The van der Waals surface area contributed by atoms with Crippen molar-refractivity contribution in [2.24, 2.45) is 5.92 Å². The maximum Gasteiger partial charge on any atom is 0.317 e.